The van der Waals surface area contributed by atoms with Gasteiger partial charge in [-0.1, -0.05) is 13.8 Å². The van der Waals surface area contributed by atoms with E-state index in [9.17, 15) is 18.4 Å². The topological polar surface area (TPSA) is 63.4 Å². The van der Waals surface area contributed by atoms with Crippen molar-refractivity contribution in [3.8, 4) is 0 Å². The van der Waals surface area contributed by atoms with Gasteiger partial charge < -0.3 is 10.6 Å². The van der Waals surface area contributed by atoms with Gasteiger partial charge in [-0.3, -0.25) is 9.59 Å². The molecule has 0 saturated carbocycles. The van der Waals surface area contributed by atoms with Gasteiger partial charge in [-0.05, 0) is 30.2 Å². The number of ketones is 1. The number of hydrogen-bond donors (Lipinski definition) is 1. The van der Waals surface area contributed by atoms with Crippen molar-refractivity contribution in [1.82, 2.24) is 4.90 Å². The molecule has 0 bridgehead atoms. The number of hydrogen-bond acceptors (Lipinski definition) is 3. The van der Waals surface area contributed by atoms with Gasteiger partial charge in [-0.2, -0.15) is 0 Å². The van der Waals surface area contributed by atoms with Crippen LogP contribution in [0.1, 0.15) is 37.0 Å². The summed E-state index contributed by atoms with van der Waals surface area (Å²) in [4.78, 5) is 25.4. The molecule has 0 aliphatic heterocycles. The van der Waals surface area contributed by atoms with E-state index in [0.29, 0.717) is 13.1 Å². The van der Waals surface area contributed by atoms with Crippen LogP contribution in [-0.4, -0.2) is 36.7 Å². The molecule has 0 atom stereocenters. The smallest absolute Gasteiger partial charge is 0.222 e. The molecule has 0 aliphatic rings. The van der Waals surface area contributed by atoms with Gasteiger partial charge in [0.25, 0.3) is 0 Å². The van der Waals surface area contributed by atoms with Crippen molar-refractivity contribution in [3.63, 3.8) is 0 Å². The molecule has 1 aromatic carbocycles. The number of rotatable bonds is 7. The van der Waals surface area contributed by atoms with E-state index in [-0.39, 0.29) is 29.7 Å². The molecule has 0 aliphatic carbocycles. The fourth-order valence-electron chi connectivity index (χ4n) is 2.02. The second-order valence-electron chi connectivity index (χ2n) is 6.17. The average Bonchev–Trinajstić information content (AvgIpc) is 2.46. The molecular formula is C16H22F2N2O2. The van der Waals surface area contributed by atoms with Crippen molar-refractivity contribution in [3.05, 3.63) is 35.4 Å². The lowest BCUT2D eigenvalue weighted by molar-refractivity contribution is -0.131. The lowest BCUT2D eigenvalue weighted by atomic mass is 9.93. The standard InChI is InChI=1S/C16H22F2N2O2/c1-16(2,9-19)10-20(3)15(22)7-6-14(21)11-4-5-12(17)13(18)8-11/h4-5,8H,6-7,9-10,19H2,1-3H3. The highest BCUT2D eigenvalue weighted by molar-refractivity contribution is 5.97. The van der Waals surface area contributed by atoms with Crippen LogP contribution in [0.4, 0.5) is 8.78 Å². The lowest BCUT2D eigenvalue weighted by Gasteiger charge is -2.29. The first-order chi connectivity index (χ1) is 10.2. The third-order valence-corrected chi connectivity index (χ3v) is 3.45. The van der Waals surface area contributed by atoms with Gasteiger partial charge in [0.1, 0.15) is 0 Å². The molecule has 0 unspecified atom stereocenters. The van der Waals surface area contributed by atoms with Crippen molar-refractivity contribution >= 4 is 11.7 Å². The maximum atomic E-state index is 13.1. The van der Waals surface area contributed by atoms with E-state index in [1.807, 2.05) is 13.8 Å². The summed E-state index contributed by atoms with van der Waals surface area (Å²) in [5.41, 5.74) is 5.49. The predicted molar refractivity (Wildman–Crippen MR) is 80.4 cm³/mol. The second-order valence-corrected chi connectivity index (χ2v) is 6.17. The van der Waals surface area contributed by atoms with Crippen molar-refractivity contribution in [2.75, 3.05) is 20.1 Å². The maximum Gasteiger partial charge on any atom is 0.222 e. The molecule has 0 saturated heterocycles. The Morgan fingerprint density at radius 2 is 1.82 bits per heavy atom. The molecule has 6 heteroatoms. The van der Waals surface area contributed by atoms with E-state index in [4.69, 9.17) is 5.73 Å². The maximum absolute atomic E-state index is 13.1. The fraction of sp³-hybridized carbons (Fsp3) is 0.500. The minimum Gasteiger partial charge on any atom is -0.345 e. The highest BCUT2D eigenvalue weighted by atomic mass is 19.2. The number of nitrogens with zero attached hydrogens (tertiary/aromatic N) is 1. The summed E-state index contributed by atoms with van der Waals surface area (Å²) < 4.78 is 25.9. The number of nitrogens with two attached hydrogens (primary N) is 1. The minimum atomic E-state index is -1.07. The largest absolute Gasteiger partial charge is 0.345 e. The zero-order valence-electron chi connectivity index (χ0n) is 13.2. The summed E-state index contributed by atoms with van der Waals surface area (Å²) in [6.07, 6.45) is -0.0215. The van der Waals surface area contributed by atoms with E-state index in [2.05, 4.69) is 0 Å². The molecule has 22 heavy (non-hydrogen) atoms. The van der Waals surface area contributed by atoms with Crippen LogP contribution in [-0.2, 0) is 4.79 Å². The first-order valence-electron chi connectivity index (χ1n) is 7.08. The molecule has 1 amide bonds. The number of benzene rings is 1. The van der Waals surface area contributed by atoms with Crippen LogP contribution in [0.5, 0.6) is 0 Å². The summed E-state index contributed by atoms with van der Waals surface area (Å²) in [6.45, 7) is 4.83. The first-order valence-corrected chi connectivity index (χ1v) is 7.08. The van der Waals surface area contributed by atoms with E-state index < -0.39 is 17.4 Å². The highest BCUT2D eigenvalue weighted by Gasteiger charge is 2.21. The van der Waals surface area contributed by atoms with Crippen LogP contribution in [0.25, 0.3) is 0 Å². The first kappa shape index (κ1) is 18.2. The van der Waals surface area contributed by atoms with E-state index in [0.717, 1.165) is 12.1 Å². The van der Waals surface area contributed by atoms with Gasteiger partial charge >= 0.3 is 0 Å². The minimum absolute atomic E-state index is 0.0228. The van der Waals surface area contributed by atoms with Crippen LogP contribution < -0.4 is 5.73 Å². The third kappa shape index (κ3) is 5.18. The molecule has 2 N–H and O–H groups in total. The second kappa shape index (κ2) is 7.45. The summed E-state index contributed by atoms with van der Waals surface area (Å²) in [7, 11) is 1.65. The van der Waals surface area contributed by atoms with Gasteiger partial charge in [0.15, 0.2) is 17.4 Å². The Morgan fingerprint density at radius 1 is 1.18 bits per heavy atom. The molecule has 4 nitrogen and oxygen atoms in total. The molecule has 0 spiro atoms. The Hall–Kier alpha value is -1.82. The number of halogens is 2. The highest BCUT2D eigenvalue weighted by Crippen LogP contribution is 2.16. The summed E-state index contributed by atoms with van der Waals surface area (Å²) >= 11 is 0. The molecule has 1 rings (SSSR count). The SMILES string of the molecule is CN(CC(C)(C)CN)C(=O)CCC(=O)c1ccc(F)c(F)c1. The zero-order chi connectivity index (χ0) is 16.9. The van der Waals surface area contributed by atoms with E-state index >= 15 is 0 Å². The monoisotopic (exact) mass is 312 g/mol. The Balaban J connectivity index is 2.56. The van der Waals surface area contributed by atoms with Gasteiger partial charge in [-0.15, -0.1) is 0 Å². The average molecular weight is 312 g/mol. The third-order valence-electron chi connectivity index (χ3n) is 3.45. The van der Waals surface area contributed by atoms with Crippen molar-refractivity contribution < 1.29 is 18.4 Å². The molecule has 1 aromatic rings. The van der Waals surface area contributed by atoms with E-state index in [1.54, 1.807) is 7.05 Å². The van der Waals surface area contributed by atoms with Gasteiger partial charge in [0.2, 0.25) is 5.91 Å². The van der Waals surface area contributed by atoms with Crippen LogP contribution in [0, 0.1) is 17.0 Å². The summed E-state index contributed by atoms with van der Waals surface area (Å²) in [6, 6.07) is 2.97. The van der Waals surface area contributed by atoms with Gasteiger partial charge in [0.05, 0.1) is 0 Å². The zero-order valence-corrected chi connectivity index (χ0v) is 13.2. The summed E-state index contributed by atoms with van der Waals surface area (Å²) in [5.74, 6) is -2.65. The number of amides is 1. The van der Waals surface area contributed by atoms with Gasteiger partial charge in [0, 0.05) is 32.0 Å². The number of Topliss-reactive ketones (excluding diaryl/α,β-unsaturated/α-hetero) is 1. The molecule has 122 valence electrons. The van der Waals surface area contributed by atoms with Crippen LogP contribution in [0.2, 0.25) is 0 Å². The Labute approximate surface area is 129 Å². The molecule has 0 aromatic heterocycles. The quantitative estimate of drug-likeness (QED) is 0.786. The molecule has 0 heterocycles. The molecular weight excluding hydrogens is 290 g/mol. The molecule has 0 fully saturated rings. The normalized spacial score (nSPS) is 11.4. The number of carbonyl (C=O) groups excluding carboxylic acids is 2. The Kier molecular flexibility index (Phi) is 6.17. The fourth-order valence-corrected chi connectivity index (χ4v) is 2.02. The van der Waals surface area contributed by atoms with Crippen molar-refractivity contribution in [2.24, 2.45) is 11.1 Å². The predicted octanol–water partition coefficient (Wildman–Crippen LogP) is 2.37. The number of carbonyl (C=O) groups is 2. The van der Waals surface area contributed by atoms with Crippen LogP contribution in [0.3, 0.4) is 0 Å². The van der Waals surface area contributed by atoms with Gasteiger partial charge in [-0.25, -0.2) is 8.78 Å². The summed E-state index contributed by atoms with van der Waals surface area (Å²) in [5, 5.41) is 0. The van der Waals surface area contributed by atoms with Crippen LogP contribution in [0.15, 0.2) is 18.2 Å². The van der Waals surface area contributed by atoms with Crippen LogP contribution >= 0.6 is 0 Å². The van der Waals surface area contributed by atoms with Crippen molar-refractivity contribution in [1.29, 1.82) is 0 Å². The van der Waals surface area contributed by atoms with E-state index in [1.165, 1.54) is 11.0 Å². The Morgan fingerprint density at radius 3 is 2.36 bits per heavy atom. The lowest BCUT2D eigenvalue weighted by Crippen LogP contribution is -2.39. The molecule has 0 radical (unpaired) electrons. The van der Waals surface area contributed by atoms with Crippen molar-refractivity contribution in [2.45, 2.75) is 26.7 Å². The Bertz CT molecular complexity index is 559.